The topological polar surface area (TPSA) is 90.5 Å². The third-order valence-corrected chi connectivity index (χ3v) is 4.56. The third kappa shape index (κ3) is 3.13. The van der Waals surface area contributed by atoms with Crippen LogP contribution in [0.1, 0.15) is 30.4 Å². The lowest BCUT2D eigenvalue weighted by Crippen LogP contribution is -2.35. The largest absolute Gasteiger partial charge is 0.325 e. The molecule has 1 saturated heterocycles. The van der Waals surface area contributed by atoms with E-state index in [1.54, 1.807) is 5.48 Å². The molecule has 1 aliphatic heterocycles. The van der Waals surface area contributed by atoms with Gasteiger partial charge in [0, 0.05) is 11.6 Å². The zero-order chi connectivity index (χ0) is 15.5. The van der Waals surface area contributed by atoms with Crippen molar-refractivity contribution in [1.82, 2.24) is 10.8 Å². The van der Waals surface area contributed by atoms with Gasteiger partial charge in [0.25, 0.3) is 0 Å². The molecule has 0 spiro atoms. The Bertz CT molecular complexity index is 582. The second-order valence-electron chi connectivity index (χ2n) is 6.04. The van der Waals surface area contributed by atoms with E-state index >= 15 is 0 Å². The first kappa shape index (κ1) is 15.0. The van der Waals surface area contributed by atoms with Crippen molar-refractivity contribution >= 4 is 17.5 Å². The molecule has 22 heavy (non-hydrogen) atoms. The molecule has 0 bridgehead atoms. The van der Waals surface area contributed by atoms with Crippen LogP contribution in [0.5, 0.6) is 0 Å². The molecule has 1 aliphatic carbocycles. The lowest BCUT2D eigenvalue weighted by molar-refractivity contribution is -0.133. The van der Waals surface area contributed by atoms with E-state index in [1.165, 1.54) is 5.56 Å². The van der Waals surface area contributed by atoms with Crippen LogP contribution in [0, 0.1) is 5.92 Å². The van der Waals surface area contributed by atoms with E-state index in [-0.39, 0.29) is 23.8 Å². The van der Waals surface area contributed by atoms with E-state index in [0.717, 1.165) is 37.1 Å². The highest BCUT2D eigenvalue weighted by molar-refractivity contribution is 5.95. The van der Waals surface area contributed by atoms with Gasteiger partial charge in [0.1, 0.15) is 0 Å². The first-order valence-electron chi connectivity index (χ1n) is 7.77. The third-order valence-electron chi connectivity index (χ3n) is 4.56. The number of nitrogens with one attached hydrogen (secondary N) is 3. The van der Waals surface area contributed by atoms with Crippen LogP contribution in [0.3, 0.4) is 0 Å². The number of hydrogen-bond donors (Lipinski definition) is 4. The maximum Gasteiger partial charge on any atom is 0.246 e. The van der Waals surface area contributed by atoms with Crippen LogP contribution >= 0.6 is 0 Å². The van der Waals surface area contributed by atoms with Gasteiger partial charge >= 0.3 is 0 Å². The van der Waals surface area contributed by atoms with Crippen LogP contribution in [0.4, 0.5) is 5.69 Å². The van der Waals surface area contributed by atoms with E-state index < -0.39 is 0 Å². The number of hydrogen-bond acceptors (Lipinski definition) is 4. The highest BCUT2D eigenvalue weighted by Gasteiger charge is 2.25. The molecule has 118 valence electrons. The average Bonchev–Trinajstić information content (AvgIpc) is 3.08. The van der Waals surface area contributed by atoms with E-state index in [2.05, 4.69) is 10.6 Å². The summed E-state index contributed by atoms with van der Waals surface area (Å²) in [7, 11) is 0. The number of aryl methyl sites for hydroxylation is 1. The minimum Gasteiger partial charge on any atom is -0.325 e. The number of anilines is 1. The van der Waals surface area contributed by atoms with Crippen molar-refractivity contribution in [1.29, 1.82) is 0 Å². The molecule has 0 radical (unpaired) electrons. The van der Waals surface area contributed by atoms with Gasteiger partial charge in [0.15, 0.2) is 0 Å². The average molecular weight is 303 g/mol. The van der Waals surface area contributed by atoms with Gasteiger partial charge in [-0.05, 0) is 61.9 Å². The summed E-state index contributed by atoms with van der Waals surface area (Å²) in [5, 5.41) is 14.9. The van der Waals surface area contributed by atoms with Crippen LogP contribution in [0.15, 0.2) is 18.2 Å². The van der Waals surface area contributed by atoms with Crippen molar-refractivity contribution in [2.24, 2.45) is 5.92 Å². The number of fused-ring (bicyclic) bond motifs is 1. The SMILES string of the molecule is O=C(NO)C1CCc2cc(NC(=O)C3CCCN3)ccc2C1. The zero-order valence-corrected chi connectivity index (χ0v) is 12.4. The first-order valence-corrected chi connectivity index (χ1v) is 7.77. The Morgan fingerprint density at radius 3 is 2.77 bits per heavy atom. The number of rotatable bonds is 3. The molecule has 1 heterocycles. The van der Waals surface area contributed by atoms with Gasteiger partial charge in [-0.1, -0.05) is 6.07 Å². The van der Waals surface area contributed by atoms with Gasteiger partial charge in [0.2, 0.25) is 11.8 Å². The van der Waals surface area contributed by atoms with Crippen LogP contribution < -0.4 is 16.1 Å². The monoisotopic (exact) mass is 303 g/mol. The van der Waals surface area contributed by atoms with E-state index in [0.29, 0.717) is 12.8 Å². The predicted octanol–water partition coefficient (Wildman–Crippen LogP) is 0.987. The summed E-state index contributed by atoms with van der Waals surface area (Å²) in [6, 6.07) is 5.75. The Hall–Kier alpha value is -1.92. The number of amides is 2. The highest BCUT2D eigenvalue weighted by Crippen LogP contribution is 2.28. The standard InChI is InChI=1S/C16H21N3O3/c20-15(19-22)12-4-3-11-9-13(6-5-10(11)8-12)18-16(21)14-2-1-7-17-14/h5-6,9,12,14,17,22H,1-4,7-8H2,(H,18,21)(H,19,20). The first-order chi connectivity index (χ1) is 10.7. The molecule has 6 heteroatoms. The van der Waals surface area contributed by atoms with Gasteiger partial charge in [0.05, 0.1) is 6.04 Å². The zero-order valence-electron chi connectivity index (χ0n) is 12.4. The number of carbonyl (C=O) groups excluding carboxylic acids is 2. The Labute approximate surface area is 129 Å². The fourth-order valence-corrected chi connectivity index (χ4v) is 3.29. The normalized spacial score (nSPS) is 23.7. The molecule has 1 aromatic carbocycles. The fourth-order valence-electron chi connectivity index (χ4n) is 3.29. The number of hydroxylamine groups is 1. The van der Waals surface area contributed by atoms with E-state index in [4.69, 9.17) is 5.21 Å². The molecular weight excluding hydrogens is 282 g/mol. The molecule has 2 atom stereocenters. The summed E-state index contributed by atoms with van der Waals surface area (Å²) in [5.74, 6) is -0.484. The van der Waals surface area contributed by atoms with Crippen molar-refractivity contribution in [3.05, 3.63) is 29.3 Å². The second-order valence-corrected chi connectivity index (χ2v) is 6.04. The summed E-state index contributed by atoms with van der Waals surface area (Å²) < 4.78 is 0. The number of benzene rings is 1. The van der Waals surface area contributed by atoms with Crippen molar-refractivity contribution < 1.29 is 14.8 Å². The molecule has 1 fully saturated rings. The van der Waals surface area contributed by atoms with Gasteiger partial charge in [-0.3, -0.25) is 14.8 Å². The van der Waals surface area contributed by atoms with E-state index in [1.807, 2.05) is 18.2 Å². The molecule has 0 aromatic heterocycles. The minimum absolute atomic E-state index is 0.0193. The molecule has 2 amide bonds. The highest BCUT2D eigenvalue weighted by atomic mass is 16.5. The Morgan fingerprint density at radius 2 is 2.05 bits per heavy atom. The quantitative estimate of drug-likeness (QED) is 0.495. The van der Waals surface area contributed by atoms with E-state index in [9.17, 15) is 9.59 Å². The minimum atomic E-state index is -0.324. The summed E-state index contributed by atoms with van der Waals surface area (Å²) in [6.45, 7) is 0.899. The van der Waals surface area contributed by atoms with Crippen molar-refractivity contribution in [2.75, 3.05) is 11.9 Å². The van der Waals surface area contributed by atoms with Gasteiger partial charge in [-0.25, -0.2) is 5.48 Å². The van der Waals surface area contributed by atoms with Gasteiger partial charge in [-0.2, -0.15) is 0 Å². The lowest BCUT2D eigenvalue weighted by Gasteiger charge is -2.23. The van der Waals surface area contributed by atoms with Crippen molar-refractivity contribution in [2.45, 2.75) is 38.1 Å². The summed E-state index contributed by atoms with van der Waals surface area (Å²) in [5.41, 5.74) is 4.81. The van der Waals surface area contributed by atoms with Crippen LogP contribution in [-0.2, 0) is 22.4 Å². The Morgan fingerprint density at radius 1 is 1.18 bits per heavy atom. The van der Waals surface area contributed by atoms with Gasteiger partial charge < -0.3 is 10.6 Å². The Balaban J connectivity index is 1.67. The van der Waals surface area contributed by atoms with Crippen LogP contribution in [0.25, 0.3) is 0 Å². The van der Waals surface area contributed by atoms with Crippen molar-refractivity contribution in [3.63, 3.8) is 0 Å². The molecule has 2 aliphatic rings. The summed E-state index contributed by atoms with van der Waals surface area (Å²) in [4.78, 5) is 23.6. The summed E-state index contributed by atoms with van der Waals surface area (Å²) in [6.07, 6.45) is 4.03. The fraction of sp³-hybridized carbons (Fsp3) is 0.500. The molecule has 3 rings (SSSR count). The van der Waals surface area contributed by atoms with Crippen LogP contribution in [-0.4, -0.2) is 29.6 Å². The maximum absolute atomic E-state index is 12.1. The predicted molar refractivity (Wildman–Crippen MR) is 81.5 cm³/mol. The van der Waals surface area contributed by atoms with Crippen LogP contribution in [0.2, 0.25) is 0 Å². The summed E-state index contributed by atoms with van der Waals surface area (Å²) >= 11 is 0. The smallest absolute Gasteiger partial charge is 0.246 e. The Kier molecular flexibility index (Phi) is 4.40. The maximum atomic E-state index is 12.1. The molecule has 4 N–H and O–H groups in total. The molecule has 0 saturated carbocycles. The molecule has 1 aromatic rings. The lowest BCUT2D eigenvalue weighted by atomic mass is 9.83. The second kappa shape index (κ2) is 6.46. The molecule has 6 nitrogen and oxygen atoms in total. The molecule has 2 unspecified atom stereocenters. The van der Waals surface area contributed by atoms with Crippen molar-refractivity contribution in [3.8, 4) is 0 Å². The number of carbonyl (C=O) groups is 2. The van der Waals surface area contributed by atoms with Gasteiger partial charge in [-0.15, -0.1) is 0 Å². The molecular formula is C16H21N3O3.